The molecule has 1 aromatic rings. The lowest BCUT2D eigenvalue weighted by molar-refractivity contribution is -0.155. The van der Waals surface area contributed by atoms with E-state index in [9.17, 15) is 4.79 Å². The third-order valence-corrected chi connectivity index (χ3v) is 2.89. The first kappa shape index (κ1) is 15.5. The molecule has 106 valence electrons. The van der Waals surface area contributed by atoms with E-state index in [-0.39, 0.29) is 5.97 Å². The molecule has 0 saturated carbocycles. The Kier molecular flexibility index (Phi) is 5.40. The molecule has 0 spiro atoms. The Hall–Kier alpha value is -1.51. The molecular weight excluding hydrogens is 240 g/mol. The summed E-state index contributed by atoms with van der Waals surface area (Å²) in [6, 6.07) is 7.97. The molecule has 1 rings (SSSR count). The van der Waals surface area contributed by atoms with Gasteiger partial charge < -0.3 is 9.47 Å². The van der Waals surface area contributed by atoms with Crippen LogP contribution in [0.4, 0.5) is 0 Å². The van der Waals surface area contributed by atoms with Crippen molar-refractivity contribution in [2.75, 3.05) is 7.11 Å². The Bertz CT molecular complexity index is 401. The van der Waals surface area contributed by atoms with Gasteiger partial charge in [-0.1, -0.05) is 19.1 Å². The van der Waals surface area contributed by atoms with Crippen LogP contribution in [0.5, 0.6) is 5.75 Å². The lowest BCUT2D eigenvalue weighted by Gasteiger charge is -2.20. The molecule has 19 heavy (non-hydrogen) atoms. The minimum Gasteiger partial charge on any atom is -0.497 e. The topological polar surface area (TPSA) is 35.5 Å². The Morgan fingerprint density at radius 3 is 2.26 bits per heavy atom. The molecule has 0 heterocycles. The van der Waals surface area contributed by atoms with E-state index in [2.05, 4.69) is 6.92 Å². The molecule has 1 aromatic carbocycles. The Morgan fingerprint density at radius 1 is 1.21 bits per heavy atom. The van der Waals surface area contributed by atoms with Crippen molar-refractivity contribution < 1.29 is 14.3 Å². The Morgan fingerprint density at radius 2 is 1.79 bits per heavy atom. The van der Waals surface area contributed by atoms with E-state index in [1.165, 1.54) is 5.56 Å². The van der Waals surface area contributed by atoms with Gasteiger partial charge in [-0.2, -0.15) is 0 Å². The van der Waals surface area contributed by atoms with Crippen molar-refractivity contribution in [1.82, 2.24) is 0 Å². The van der Waals surface area contributed by atoms with Gasteiger partial charge in [0.2, 0.25) is 0 Å². The quantitative estimate of drug-likeness (QED) is 0.756. The maximum atomic E-state index is 11.7. The first-order chi connectivity index (χ1) is 8.81. The van der Waals surface area contributed by atoms with Crippen molar-refractivity contribution in [2.24, 2.45) is 0 Å². The summed E-state index contributed by atoms with van der Waals surface area (Å²) in [6.07, 6.45) is 1.24. The zero-order valence-electron chi connectivity index (χ0n) is 12.5. The first-order valence-corrected chi connectivity index (χ1v) is 6.67. The largest absolute Gasteiger partial charge is 0.497 e. The number of benzene rings is 1. The predicted molar refractivity (Wildman–Crippen MR) is 76.5 cm³/mol. The summed E-state index contributed by atoms with van der Waals surface area (Å²) in [5, 5.41) is 0. The summed E-state index contributed by atoms with van der Waals surface area (Å²) in [5.41, 5.74) is 0.810. The molecular formula is C16H24O3. The molecule has 0 N–H and O–H groups in total. The van der Waals surface area contributed by atoms with Gasteiger partial charge >= 0.3 is 5.97 Å². The second-order valence-corrected chi connectivity index (χ2v) is 5.80. The van der Waals surface area contributed by atoms with Crippen molar-refractivity contribution >= 4 is 5.97 Å². The number of carbonyl (C=O) groups is 1. The molecule has 0 unspecified atom stereocenters. The summed E-state index contributed by atoms with van der Waals surface area (Å²) in [7, 11) is 1.65. The molecule has 0 aliphatic heterocycles. The Balaban J connectivity index is 2.46. The maximum absolute atomic E-state index is 11.7. The van der Waals surface area contributed by atoms with Gasteiger partial charge in [0.15, 0.2) is 0 Å². The highest BCUT2D eigenvalue weighted by molar-refractivity contribution is 5.69. The molecule has 0 bridgehead atoms. The van der Waals surface area contributed by atoms with Crippen LogP contribution in [0.2, 0.25) is 0 Å². The summed E-state index contributed by atoms with van der Waals surface area (Å²) in [5.74, 6) is 1.05. The minimum absolute atomic E-state index is 0.132. The average Bonchev–Trinajstić information content (AvgIpc) is 2.34. The van der Waals surface area contributed by atoms with Gasteiger partial charge in [0.25, 0.3) is 0 Å². The lowest BCUT2D eigenvalue weighted by atomic mass is 9.96. The fraction of sp³-hybridized carbons (Fsp3) is 0.562. The minimum atomic E-state index is -0.402. The maximum Gasteiger partial charge on any atom is 0.306 e. The molecule has 0 aliphatic rings. The monoisotopic (exact) mass is 264 g/mol. The lowest BCUT2D eigenvalue weighted by Crippen LogP contribution is -2.23. The zero-order valence-corrected chi connectivity index (χ0v) is 12.5. The Labute approximate surface area is 115 Å². The second kappa shape index (κ2) is 6.60. The molecule has 0 aliphatic carbocycles. The van der Waals surface area contributed by atoms with Crippen LogP contribution in [-0.2, 0) is 9.53 Å². The van der Waals surface area contributed by atoms with E-state index in [0.717, 1.165) is 12.2 Å². The number of carbonyl (C=O) groups excluding carboxylic acids is 1. The SMILES string of the molecule is COc1ccc([C@@H](C)CCC(=O)OC(C)(C)C)cc1. The standard InChI is InChI=1S/C16H24O3/c1-12(6-11-15(17)19-16(2,3)4)13-7-9-14(18-5)10-8-13/h7-10,12H,6,11H2,1-5H3/t12-/m0/s1. The van der Waals surface area contributed by atoms with Crippen LogP contribution < -0.4 is 4.74 Å². The van der Waals surface area contributed by atoms with Gasteiger partial charge in [0.05, 0.1) is 7.11 Å². The molecule has 0 fully saturated rings. The number of hydrogen-bond donors (Lipinski definition) is 0. The number of methoxy groups -OCH3 is 1. The number of rotatable bonds is 5. The van der Waals surface area contributed by atoms with E-state index >= 15 is 0 Å². The number of hydrogen-bond acceptors (Lipinski definition) is 3. The second-order valence-electron chi connectivity index (χ2n) is 5.80. The summed E-state index contributed by atoms with van der Waals surface area (Å²) >= 11 is 0. The van der Waals surface area contributed by atoms with Crippen molar-refractivity contribution in [3.05, 3.63) is 29.8 Å². The highest BCUT2D eigenvalue weighted by Crippen LogP contribution is 2.23. The van der Waals surface area contributed by atoms with E-state index in [0.29, 0.717) is 12.3 Å². The third-order valence-electron chi connectivity index (χ3n) is 2.89. The summed E-state index contributed by atoms with van der Waals surface area (Å²) in [4.78, 5) is 11.7. The summed E-state index contributed by atoms with van der Waals surface area (Å²) < 4.78 is 10.4. The van der Waals surface area contributed by atoms with Crippen LogP contribution in [0, 0.1) is 0 Å². The van der Waals surface area contributed by atoms with Gasteiger partial charge in [-0.25, -0.2) is 0 Å². The van der Waals surface area contributed by atoms with Crippen LogP contribution in [-0.4, -0.2) is 18.7 Å². The van der Waals surface area contributed by atoms with Gasteiger partial charge in [0.1, 0.15) is 11.4 Å². The fourth-order valence-electron chi connectivity index (χ4n) is 1.83. The van der Waals surface area contributed by atoms with Crippen LogP contribution in [0.3, 0.4) is 0 Å². The zero-order chi connectivity index (χ0) is 14.5. The molecule has 0 radical (unpaired) electrons. The van der Waals surface area contributed by atoms with Crippen molar-refractivity contribution in [1.29, 1.82) is 0 Å². The molecule has 0 amide bonds. The molecule has 3 heteroatoms. The van der Waals surface area contributed by atoms with Gasteiger partial charge in [0, 0.05) is 6.42 Å². The first-order valence-electron chi connectivity index (χ1n) is 6.67. The van der Waals surface area contributed by atoms with Gasteiger partial charge in [-0.15, -0.1) is 0 Å². The van der Waals surface area contributed by atoms with Crippen LogP contribution in [0.1, 0.15) is 52.0 Å². The number of esters is 1. The van der Waals surface area contributed by atoms with Crippen molar-refractivity contribution in [3.63, 3.8) is 0 Å². The molecule has 3 nitrogen and oxygen atoms in total. The normalized spacial score (nSPS) is 12.9. The van der Waals surface area contributed by atoms with E-state index in [1.54, 1.807) is 7.11 Å². The van der Waals surface area contributed by atoms with Crippen LogP contribution in [0.15, 0.2) is 24.3 Å². The smallest absolute Gasteiger partial charge is 0.306 e. The van der Waals surface area contributed by atoms with E-state index in [1.807, 2.05) is 45.0 Å². The number of ether oxygens (including phenoxy) is 2. The van der Waals surface area contributed by atoms with Crippen LogP contribution >= 0.6 is 0 Å². The van der Waals surface area contributed by atoms with E-state index < -0.39 is 5.60 Å². The fourth-order valence-corrected chi connectivity index (χ4v) is 1.83. The van der Waals surface area contributed by atoms with E-state index in [4.69, 9.17) is 9.47 Å². The molecule has 1 atom stereocenters. The van der Waals surface area contributed by atoms with Crippen molar-refractivity contribution in [2.45, 2.75) is 52.1 Å². The van der Waals surface area contributed by atoms with Crippen LogP contribution in [0.25, 0.3) is 0 Å². The van der Waals surface area contributed by atoms with Crippen molar-refractivity contribution in [3.8, 4) is 5.75 Å². The predicted octanol–water partition coefficient (Wildman–Crippen LogP) is 3.92. The highest BCUT2D eigenvalue weighted by atomic mass is 16.6. The van der Waals surface area contributed by atoms with Gasteiger partial charge in [-0.3, -0.25) is 4.79 Å². The summed E-state index contributed by atoms with van der Waals surface area (Å²) in [6.45, 7) is 7.78. The van der Waals surface area contributed by atoms with Gasteiger partial charge in [-0.05, 0) is 50.8 Å². The highest BCUT2D eigenvalue weighted by Gasteiger charge is 2.17. The third kappa shape index (κ3) is 5.77. The average molecular weight is 264 g/mol. The molecule has 0 aromatic heterocycles. The molecule has 0 saturated heterocycles.